The topological polar surface area (TPSA) is 91.4 Å². The lowest BCUT2D eigenvalue weighted by atomic mass is 10.0. The lowest BCUT2D eigenvalue weighted by Gasteiger charge is -2.36. The molecular formula is C24H38N4O5. The molecule has 9 heteroatoms. The number of nitrogens with zero attached hydrogens (tertiary/aromatic N) is 3. The van der Waals surface area contributed by atoms with Crippen molar-refractivity contribution in [1.29, 1.82) is 0 Å². The van der Waals surface area contributed by atoms with E-state index in [4.69, 9.17) is 9.47 Å². The molecule has 1 N–H and O–H groups in total. The number of rotatable bonds is 5. The lowest BCUT2D eigenvalue weighted by molar-refractivity contribution is -0.136. The van der Waals surface area contributed by atoms with Gasteiger partial charge >= 0.3 is 0 Å². The minimum atomic E-state index is -0.257. The number of anilines is 1. The van der Waals surface area contributed by atoms with E-state index in [1.165, 1.54) is 0 Å². The minimum Gasteiger partial charge on any atom is -0.491 e. The highest BCUT2D eigenvalue weighted by Gasteiger charge is 2.30. The molecule has 0 aliphatic carbocycles. The highest BCUT2D eigenvalue weighted by Crippen LogP contribution is 2.26. The van der Waals surface area contributed by atoms with Crippen LogP contribution >= 0.6 is 0 Å². The Labute approximate surface area is 197 Å². The van der Waals surface area contributed by atoms with E-state index in [1.807, 2.05) is 37.7 Å². The van der Waals surface area contributed by atoms with Gasteiger partial charge in [-0.2, -0.15) is 0 Å². The van der Waals surface area contributed by atoms with Crippen molar-refractivity contribution in [1.82, 2.24) is 14.7 Å². The summed E-state index contributed by atoms with van der Waals surface area (Å²) in [5.74, 6) is 0.0585. The Morgan fingerprint density at radius 3 is 2.55 bits per heavy atom. The van der Waals surface area contributed by atoms with Gasteiger partial charge in [-0.25, -0.2) is 0 Å². The molecule has 0 spiro atoms. The molecule has 1 aromatic rings. The van der Waals surface area contributed by atoms with Gasteiger partial charge in [0.25, 0.3) is 5.91 Å². The molecule has 1 heterocycles. The number of fused-ring (bicyclic) bond motifs is 1. The molecule has 2 rings (SSSR count). The summed E-state index contributed by atoms with van der Waals surface area (Å²) in [7, 11) is 7.06. The molecule has 1 aromatic carbocycles. The Morgan fingerprint density at radius 2 is 1.94 bits per heavy atom. The summed E-state index contributed by atoms with van der Waals surface area (Å²) in [5.41, 5.74) is 0.887. The number of benzene rings is 1. The zero-order valence-corrected chi connectivity index (χ0v) is 20.9. The first-order valence-electron chi connectivity index (χ1n) is 11.4. The van der Waals surface area contributed by atoms with Crippen LogP contribution in [0.5, 0.6) is 5.75 Å². The number of methoxy groups -OCH3 is 1. The zero-order chi connectivity index (χ0) is 24.7. The third kappa shape index (κ3) is 7.17. The molecule has 33 heavy (non-hydrogen) atoms. The molecule has 0 aromatic heterocycles. The third-order valence-electron chi connectivity index (χ3n) is 5.82. The predicted octanol–water partition coefficient (Wildman–Crippen LogP) is 1.93. The number of carbonyl (C=O) groups is 3. The van der Waals surface area contributed by atoms with E-state index in [-0.39, 0.29) is 42.4 Å². The average molecular weight is 463 g/mol. The fourth-order valence-electron chi connectivity index (χ4n) is 3.81. The van der Waals surface area contributed by atoms with Gasteiger partial charge in [-0.3, -0.25) is 14.4 Å². The Hall–Kier alpha value is -2.65. The molecule has 0 unspecified atom stereocenters. The van der Waals surface area contributed by atoms with Gasteiger partial charge in [-0.15, -0.1) is 0 Å². The molecule has 0 fully saturated rings. The molecule has 0 saturated carbocycles. The first-order valence-corrected chi connectivity index (χ1v) is 11.4. The second-order valence-corrected chi connectivity index (χ2v) is 8.99. The van der Waals surface area contributed by atoms with Crippen LogP contribution in [0.15, 0.2) is 18.2 Å². The largest absolute Gasteiger partial charge is 0.491 e. The molecule has 3 amide bonds. The van der Waals surface area contributed by atoms with Crippen molar-refractivity contribution < 1.29 is 23.9 Å². The van der Waals surface area contributed by atoms with E-state index in [9.17, 15) is 14.4 Å². The van der Waals surface area contributed by atoms with Crippen LogP contribution in [-0.4, -0.2) is 99.1 Å². The molecule has 0 radical (unpaired) electrons. The van der Waals surface area contributed by atoms with Gasteiger partial charge in [-0.05, 0) is 39.2 Å². The number of nitrogens with one attached hydrogen (secondary N) is 1. The number of likely N-dealkylation sites (N-methyl/N-ethyl adjacent to an activating group) is 2. The Balaban J connectivity index is 2.44. The molecule has 9 nitrogen and oxygen atoms in total. The van der Waals surface area contributed by atoms with Crippen LogP contribution in [0.25, 0.3) is 0 Å². The van der Waals surface area contributed by atoms with Crippen molar-refractivity contribution in [2.24, 2.45) is 5.92 Å². The maximum atomic E-state index is 13.3. The normalized spacial score (nSPS) is 22.2. The molecule has 1 aliphatic heterocycles. The van der Waals surface area contributed by atoms with Crippen LogP contribution in [0, 0.1) is 5.92 Å². The molecular weight excluding hydrogens is 424 g/mol. The van der Waals surface area contributed by atoms with Crippen LogP contribution in [0.1, 0.15) is 37.6 Å². The lowest BCUT2D eigenvalue weighted by Crippen LogP contribution is -2.50. The van der Waals surface area contributed by atoms with Gasteiger partial charge in [0.2, 0.25) is 11.8 Å². The summed E-state index contributed by atoms with van der Waals surface area (Å²) < 4.78 is 11.8. The Kier molecular flexibility index (Phi) is 9.67. The van der Waals surface area contributed by atoms with E-state index in [1.54, 1.807) is 44.2 Å². The van der Waals surface area contributed by atoms with Crippen molar-refractivity contribution in [2.45, 2.75) is 39.3 Å². The van der Waals surface area contributed by atoms with Crippen LogP contribution in [0.3, 0.4) is 0 Å². The summed E-state index contributed by atoms with van der Waals surface area (Å²) >= 11 is 0. The first-order chi connectivity index (χ1) is 15.6. The van der Waals surface area contributed by atoms with Crippen LogP contribution in [0.4, 0.5) is 5.69 Å². The SMILES string of the molecule is CCC(=O)Nc1ccc2c(c1)C(=O)N(C)C[C@@H](OC)[C@@H](C)CN(C(=O)CN(C)C)[C@H](C)CO2. The minimum absolute atomic E-state index is 0.00659. The average Bonchev–Trinajstić information content (AvgIpc) is 2.77. The summed E-state index contributed by atoms with van der Waals surface area (Å²) in [6, 6.07) is 4.83. The highest BCUT2D eigenvalue weighted by molar-refractivity contribution is 5.99. The monoisotopic (exact) mass is 462 g/mol. The predicted molar refractivity (Wildman–Crippen MR) is 128 cm³/mol. The van der Waals surface area contributed by atoms with Crippen molar-refractivity contribution in [3.05, 3.63) is 23.8 Å². The fourth-order valence-corrected chi connectivity index (χ4v) is 3.81. The number of hydrogen-bond acceptors (Lipinski definition) is 6. The Bertz CT molecular complexity index is 844. The quantitative estimate of drug-likeness (QED) is 0.719. The van der Waals surface area contributed by atoms with E-state index >= 15 is 0 Å². The van der Waals surface area contributed by atoms with Gasteiger partial charge < -0.3 is 29.5 Å². The summed E-state index contributed by atoms with van der Waals surface area (Å²) in [4.78, 5) is 43.4. The molecule has 1 aliphatic rings. The maximum absolute atomic E-state index is 13.3. The van der Waals surface area contributed by atoms with E-state index in [0.717, 1.165) is 0 Å². The summed E-state index contributed by atoms with van der Waals surface area (Å²) in [6.45, 7) is 7.10. The summed E-state index contributed by atoms with van der Waals surface area (Å²) in [6.07, 6.45) is 0.0796. The van der Waals surface area contributed by atoms with Gasteiger partial charge in [-0.1, -0.05) is 13.8 Å². The van der Waals surface area contributed by atoms with Crippen LogP contribution in [0.2, 0.25) is 0 Å². The molecule has 184 valence electrons. The van der Waals surface area contributed by atoms with Crippen molar-refractivity contribution >= 4 is 23.4 Å². The van der Waals surface area contributed by atoms with E-state index in [0.29, 0.717) is 43.1 Å². The number of amides is 3. The fraction of sp³-hybridized carbons (Fsp3) is 0.625. The smallest absolute Gasteiger partial charge is 0.257 e. The zero-order valence-electron chi connectivity index (χ0n) is 20.9. The highest BCUT2D eigenvalue weighted by atomic mass is 16.5. The van der Waals surface area contributed by atoms with Crippen molar-refractivity contribution in [3.63, 3.8) is 0 Å². The number of carbonyl (C=O) groups excluding carboxylic acids is 3. The first kappa shape index (κ1) is 26.6. The number of ether oxygens (including phenoxy) is 2. The molecule has 0 saturated heterocycles. The third-order valence-corrected chi connectivity index (χ3v) is 5.82. The second-order valence-electron chi connectivity index (χ2n) is 8.99. The van der Waals surface area contributed by atoms with Crippen LogP contribution in [-0.2, 0) is 14.3 Å². The van der Waals surface area contributed by atoms with Gasteiger partial charge in [0.1, 0.15) is 12.4 Å². The van der Waals surface area contributed by atoms with E-state index in [2.05, 4.69) is 5.32 Å². The van der Waals surface area contributed by atoms with Gasteiger partial charge in [0, 0.05) is 45.3 Å². The second kappa shape index (κ2) is 12.0. The Morgan fingerprint density at radius 1 is 1.24 bits per heavy atom. The van der Waals surface area contributed by atoms with Crippen LogP contribution < -0.4 is 10.1 Å². The molecule has 3 atom stereocenters. The van der Waals surface area contributed by atoms with Crippen molar-refractivity contribution in [3.8, 4) is 5.75 Å². The standard InChI is InChI=1S/C24H38N4O5/c1-8-22(29)25-18-9-10-20-19(11-18)24(31)27(6)13-21(32-7)16(2)12-28(17(3)15-33-20)23(30)14-26(4)5/h9-11,16-17,21H,8,12-15H2,1-7H3,(H,25,29)/t16-,17+,21+/m0/s1. The molecule has 0 bridgehead atoms. The van der Waals surface area contributed by atoms with Gasteiger partial charge in [0.15, 0.2) is 0 Å². The number of hydrogen-bond donors (Lipinski definition) is 1. The van der Waals surface area contributed by atoms with E-state index < -0.39 is 0 Å². The van der Waals surface area contributed by atoms with Gasteiger partial charge in [0.05, 0.1) is 24.3 Å². The maximum Gasteiger partial charge on any atom is 0.257 e. The van der Waals surface area contributed by atoms with Crippen molar-refractivity contribution in [2.75, 3.05) is 59.8 Å². The summed E-state index contributed by atoms with van der Waals surface area (Å²) in [5, 5.41) is 2.79.